The number of fused-ring (bicyclic) bond motifs is 3. The van der Waals surface area contributed by atoms with Gasteiger partial charge in [-0.05, 0) is 34.9 Å². The van der Waals surface area contributed by atoms with Gasteiger partial charge in [0.1, 0.15) is 11.2 Å². The molecule has 0 radical (unpaired) electrons. The van der Waals surface area contributed by atoms with E-state index >= 15 is 0 Å². The lowest BCUT2D eigenvalue weighted by molar-refractivity contribution is 0.670. The maximum atomic E-state index is 6.36. The summed E-state index contributed by atoms with van der Waals surface area (Å²) in [5, 5.41) is 2.21. The third kappa shape index (κ3) is 6.14. The van der Waals surface area contributed by atoms with Gasteiger partial charge in [0.15, 0.2) is 17.5 Å². The zero-order valence-corrected chi connectivity index (χ0v) is 29.7. The normalized spacial score (nSPS) is 11.3. The van der Waals surface area contributed by atoms with Gasteiger partial charge in [-0.3, -0.25) is 0 Å². The van der Waals surface area contributed by atoms with Crippen LogP contribution in [0.15, 0.2) is 199 Å². The highest BCUT2D eigenvalue weighted by atomic mass is 16.3. The summed E-state index contributed by atoms with van der Waals surface area (Å²) in [4.78, 5) is 20.5. The van der Waals surface area contributed by atoms with E-state index in [0.717, 1.165) is 83.4 Å². The van der Waals surface area contributed by atoms with E-state index in [4.69, 9.17) is 24.4 Å². The predicted molar refractivity (Wildman–Crippen MR) is 223 cm³/mol. The molecule has 0 unspecified atom stereocenters. The zero-order valence-electron chi connectivity index (χ0n) is 29.7. The Morgan fingerprint density at radius 2 is 0.800 bits per heavy atom. The standard InChI is InChI=1S/C50H32N4O/c1-4-15-33(16-5-1)38-31-44(35-17-6-2-7-18-35)51-45(32-38)40-21-10-11-23-43(40)50-53-48(36-19-8-3-9-20-36)52-49(54-50)37-29-27-34(28-30-37)39-24-14-25-42-41-22-12-13-26-46(41)55-47(39)42/h1-32H. The van der Waals surface area contributed by atoms with E-state index in [9.17, 15) is 0 Å². The van der Waals surface area contributed by atoms with Crippen LogP contribution >= 0.6 is 0 Å². The number of hydrogen-bond donors (Lipinski definition) is 0. The van der Waals surface area contributed by atoms with Gasteiger partial charge in [-0.2, -0.15) is 0 Å². The van der Waals surface area contributed by atoms with Gasteiger partial charge in [-0.25, -0.2) is 19.9 Å². The molecule has 0 amide bonds. The molecule has 55 heavy (non-hydrogen) atoms. The van der Waals surface area contributed by atoms with Crippen molar-refractivity contribution >= 4 is 21.9 Å². The van der Waals surface area contributed by atoms with Crippen LogP contribution in [0.25, 0.3) is 101 Å². The Kier molecular flexibility index (Phi) is 8.08. The van der Waals surface area contributed by atoms with Crippen LogP contribution in [-0.2, 0) is 0 Å². The molecule has 3 aromatic heterocycles. The first-order chi connectivity index (χ1) is 27.2. The number of hydrogen-bond acceptors (Lipinski definition) is 5. The number of furan rings is 1. The van der Waals surface area contributed by atoms with Crippen LogP contribution in [0.4, 0.5) is 0 Å². The number of para-hydroxylation sites is 2. The number of benzene rings is 7. The van der Waals surface area contributed by atoms with Crippen molar-refractivity contribution in [2.45, 2.75) is 0 Å². The van der Waals surface area contributed by atoms with Gasteiger partial charge in [0.05, 0.1) is 11.4 Å². The van der Waals surface area contributed by atoms with E-state index in [1.807, 2.05) is 84.9 Å². The van der Waals surface area contributed by atoms with E-state index in [-0.39, 0.29) is 0 Å². The van der Waals surface area contributed by atoms with Crippen LogP contribution in [0.1, 0.15) is 0 Å². The second-order valence-corrected chi connectivity index (χ2v) is 13.4. The molecule has 7 aromatic carbocycles. The molecule has 258 valence electrons. The topological polar surface area (TPSA) is 64.7 Å². The molecule has 10 rings (SSSR count). The van der Waals surface area contributed by atoms with Crippen molar-refractivity contribution in [2.75, 3.05) is 0 Å². The van der Waals surface area contributed by atoms with Crippen LogP contribution in [0, 0.1) is 0 Å². The highest BCUT2D eigenvalue weighted by molar-refractivity contribution is 6.09. The van der Waals surface area contributed by atoms with Crippen molar-refractivity contribution in [3.63, 3.8) is 0 Å². The predicted octanol–water partition coefficient (Wildman–Crippen LogP) is 12.8. The van der Waals surface area contributed by atoms with Gasteiger partial charge in [-0.15, -0.1) is 0 Å². The molecular formula is C50H32N4O. The fourth-order valence-corrected chi connectivity index (χ4v) is 7.24. The summed E-state index contributed by atoms with van der Waals surface area (Å²) < 4.78 is 6.36. The summed E-state index contributed by atoms with van der Waals surface area (Å²) in [5.74, 6) is 1.76. The summed E-state index contributed by atoms with van der Waals surface area (Å²) >= 11 is 0. The molecule has 10 aromatic rings. The number of pyridine rings is 1. The summed E-state index contributed by atoms with van der Waals surface area (Å²) in [6, 6.07) is 66.2. The Balaban J connectivity index is 1.11. The Morgan fingerprint density at radius 1 is 0.291 bits per heavy atom. The molecule has 3 heterocycles. The van der Waals surface area contributed by atoms with Crippen molar-refractivity contribution in [1.82, 2.24) is 19.9 Å². The Bertz CT molecular complexity index is 2900. The number of rotatable bonds is 7. The molecule has 0 fully saturated rings. The summed E-state index contributed by atoms with van der Waals surface area (Å²) in [5.41, 5.74) is 12.4. The maximum absolute atomic E-state index is 6.36. The third-order valence-electron chi connectivity index (χ3n) is 9.97. The van der Waals surface area contributed by atoms with Crippen LogP contribution in [0.5, 0.6) is 0 Å². The fraction of sp³-hybridized carbons (Fsp3) is 0. The lowest BCUT2D eigenvalue weighted by Gasteiger charge is -2.14. The van der Waals surface area contributed by atoms with Crippen LogP contribution in [0.3, 0.4) is 0 Å². The molecular weight excluding hydrogens is 673 g/mol. The van der Waals surface area contributed by atoms with Gasteiger partial charge in [0, 0.05) is 44.2 Å². The van der Waals surface area contributed by atoms with Crippen molar-refractivity contribution in [1.29, 1.82) is 0 Å². The van der Waals surface area contributed by atoms with Crippen molar-refractivity contribution in [3.8, 4) is 78.9 Å². The fourth-order valence-electron chi connectivity index (χ4n) is 7.24. The van der Waals surface area contributed by atoms with E-state index in [2.05, 4.69) is 109 Å². The molecule has 0 saturated carbocycles. The second kappa shape index (κ2) is 13.8. The molecule has 0 aliphatic rings. The monoisotopic (exact) mass is 704 g/mol. The first-order valence-corrected chi connectivity index (χ1v) is 18.3. The van der Waals surface area contributed by atoms with Crippen LogP contribution in [-0.4, -0.2) is 19.9 Å². The third-order valence-corrected chi connectivity index (χ3v) is 9.97. The molecule has 0 saturated heterocycles. The van der Waals surface area contributed by atoms with Crippen LogP contribution < -0.4 is 0 Å². The minimum Gasteiger partial charge on any atom is -0.455 e. The molecule has 0 bridgehead atoms. The van der Waals surface area contributed by atoms with Crippen molar-refractivity contribution in [3.05, 3.63) is 194 Å². The molecule has 0 N–H and O–H groups in total. The van der Waals surface area contributed by atoms with Crippen LogP contribution in [0.2, 0.25) is 0 Å². The van der Waals surface area contributed by atoms with E-state index in [1.165, 1.54) is 0 Å². The average molecular weight is 705 g/mol. The smallest absolute Gasteiger partial charge is 0.164 e. The highest BCUT2D eigenvalue weighted by Gasteiger charge is 2.18. The van der Waals surface area contributed by atoms with E-state index < -0.39 is 0 Å². The summed E-state index contributed by atoms with van der Waals surface area (Å²) in [7, 11) is 0. The largest absolute Gasteiger partial charge is 0.455 e. The lowest BCUT2D eigenvalue weighted by Crippen LogP contribution is -2.01. The quantitative estimate of drug-likeness (QED) is 0.165. The van der Waals surface area contributed by atoms with Gasteiger partial charge in [0.25, 0.3) is 0 Å². The Hall–Kier alpha value is -7.50. The highest BCUT2D eigenvalue weighted by Crippen LogP contribution is 2.38. The Labute approximate surface area is 318 Å². The summed E-state index contributed by atoms with van der Waals surface area (Å²) in [6.45, 7) is 0. The minimum absolute atomic E-state index is 0.573. The second-order valence-electron chi connectivity index (χ2n) is 13.4. The van der Waals surface area contributed by atoms with Gasteiger partial charge in [0.2, 0.25) is 0 Å². The van der Waals surface area contributed by atoms with Crippen molar-refractivity contribution in [2.24, 2.45) is 0 Å². The zero-order chi connectivity index (χ0) is 36.6. The number of nitrogens with zero attached hydrogens (tertiary/aromatic N) is 4. The molecule has 5 nitrogen and oxygen atoms in total. The lowest BCUT2D eigenvalue weighted by atomic mass is 9.97. The van der Waals surface area contributed by atoms with Gasteiger partial charge < -0.3 is 4.42 Å². The summed E-state index contributed by atoms with van der Waals surface area (Å²) in [6.07, 6.45) is 0. The molecule has 5 heteroatoms. The maximum Gasteiger partial charge on any atom is 0.164 e. The van der Waals surface area contributed by atoms with Gasteiger partial charge in [-0.1, -0.05) is 176 Å². The molecule has 0 atom stereocenters. The van der Waals surface area contributed by atoms with E-state index in [0.29, 0.717) is 17.5 Å². The van der Waals surface area contributed by atoms with Crippen molar-refractivity contribution < 1.29 is 4.42 Å². The molecule has 0 aliphatic carbocycles. The first kappa shape index (κ1) is 32.2. The first-order valence-electron chi connectivity index (χ1n) is 18.3. The van der Waals surface area contributed by atoms with Gasteiger partial charge >= 0.3 is 0 Å². The van der Waals surface area contributed by atoms with E-state index in [1.54, 1.807) is 0 Å². The molecule has 0 spiro atoms. The number of aromatic nitrogens is 4. The Morgan fingerprint density at radius 3 is 1.53 bits per heavy atom. The average Bonchev–Trinajstić information content (AvgIpc) is 3.66. The molecule has 0 aliphatic heterocycles. The minimum atomic E-state index is 0.573. The SMILES string of the molecule is c1ccc(-c2cc(-c3ccccc3)nc(-c3ccccc3-c3nc(-c4ccccc4)nc(-c4ccc(-c5cccc6c5oc5ccccc56)cc4)n3)c2)cc1.